The zero-order valence-corrected chi connectivity index (χ0v) is 13.6. The number of imidazole rings is 1. The third kappa shape index (κ3) is 2.16. The molecule has 2 atom stereocenters. The van der Waals surface area contributed by atoms with Gasteiger partial charge in [-0.1, -0.05) is 12.5 Å². The van der Waals surface area contributed by atoms with Crippen LogP contribution in [-0.4, -0.2) is 33.6 Å². The molecular formula is C17H23N3S. The molecule has 3 nitrogen and oxygen atoms in total. The second-order valence-corrected chi connectivity index (χ2v) is 7.24. The van der Waals surface area contributed by atoms with Gasteiger partial charge >= 0.3 is 0 Å². The summed E-state index contributed by atoms with van der Waals surface area (Å²) in [6.45, 7) is 2.16. The van der Waals surface area contributed by atoms with Gasteiger partial charge in [-0.3, -0.25) is 0 Å². The van der Waals surface area contributed by atoms with Crippen molar-refractivity contribution in [2.75, 3.05) is 7.05 Å². The molecule has 2 bridgehead atoms. The summed E-state index contributed by atoms with van der Waals surface area (Å²) < 4.78 is 3.29. The van der Waals surface area contributed by atoms with E-state index in [4.69, 9.17) is 12.2 Å². The molecular weight excluding hydrogens is 278 g/mol. The van der Waals surface area contributed by atoms with Gasteiger partial charge in [-0.25, -0.2) is 0 Å². The van der Waals surface area contributed by atoms with E-state index in [1.54, 1.807) is 0 Å². The third-order valence-electron chi connectivity index (χ3n) is 5.55. The Morgan fingerprint density at radius 2 is 1.86 bits per heavy atom. The topological polar surface area (TPSA) is 24.0 Å². The van der Waals surface area contributed by atoms with Crippen molar-refractivity contribution in [3.05, 3.63) is 28.5 Å². The number of nitrogens with zero attached hydrogens (tertiary/aromatic N) is 2. The molecule has 2 unspecified atom stereocenters. The molecule has 4 rings (SSSR count). The number of aromatic amines is 1. The minimum atomic E-state index is 0.555. The lowest BCUT2D eigenvalue weighted by atomic mass is 9.82. The van der Waals surface area contributed by atoms with Crippen LogP contribution in [0.5, 0.6) is 0 Å². The van der Waals surface area contributed by atoms with E-state index in [9.17, 15) is 0 Å². The van der Waals surface area contributed by atoms with Crippen LogP contribution in [0, 0.1) is 11.7 Å². The Kier molecular flexibility index (Phi) is 3.19. The summed E-state index contributed by atoms with van der Waals surface area (Å²) in [6, 6.07) is 8.61. The Hall–Kier alpha value is -1.13. The van der Waals surface area contributed by atoms with Crippen LogP contribution >= 0.6 is 12.2 Å². The highest BCUT2D eigenvalue weighted by Crippen LogP contribution is 2.39. The summed E-state index contributed by atoms with van der Waals surface area (Å²) in [4.78, 5) is 6.01. The lowest BCUT2D eigenvalue weighted by molar-refractivity contribution is 0.0407. The average molecular weight is 301 g/mol. The highest BCUT2D eigenvalue weighted by molar-refractivity contribution is 7.71. The van der Waals surface area contributed by atoms with Crippen LogP contribution in [0.1, 0.15) is 43.7 Å². The van der Waals surface area contributed by atoms with Gasteiger partial charge in [-0.2, -0.15) is 0 Å². The van der Waals surface area contributed by atoms with E-state index in [-0.39, 0.29) is 0 Å². The van der Waals surface area contributed by atoms with Gasteiger partial charge in [0.15, 0.2) is 4.77 Å². The number of rotatable bonds is 1. The lowest BCUT2D eigenvalue weighted by Crippen LogP contribution is -2.50. The number of aromatic nitrogens is 2. The van der Waals surface area contributed by atoms with Gasteiger partial charge in [-0.15, -0.1) is 0 Å². The highest BCUT2D eigenvalue weighted by atomic mass is 32.1. The average Bonchev–Trinajstić information content (AvgIpc) is 2.74. The number of benzene rings is 1. The molecule has 2 aliphatic heterocycles. The molecule has 2 saturated heterocycles. The molecule has 3 heterocycles. The first-order valence-electron chi connectivity index (χ1n) is 8.06. The van der Waals surface area contributed by atoms with E-state index < -0.39 is 0 Å². The first-order valence-corrected chi connectivity index (χ1v) is 8.47. The largest absolute Gasteiger partial charge is 0.331 e. The summed E-state index contributed by atoms with van der Waals surface area (Å²) in [6.07, 6.45) is 6.56. The maximum Gasteiger partial charge on any atom is 0.178 e. The number of fused-ring (bicyclic) bond motifs is 3. The third-order valence-corrected chi connectivity index (χ3v) is 5.85. The number of H-pyrrole nitrogens is 1. The van der Waals surface area contributed by atoms with E-state index in [0.29, 0.717) is 6.04 Å². The molecule has 2 aliphatic rings. The minimum Gasteiger partial charge on any atom is -0.331 e. The van der Waals surface area contributed by atoms with E-state index in [1.165, 1.54) is 48.7 Å². The second kappa shape index (κ2) is 4.96. The van der Waals surface area contributed by atoms with Crippen molar-refractivity contribution in [1.82, 2.24) is 14.5 Å². The Bertz CT molecular complexity index is 715. The number of hydrogen-bond donors (Lipinski definition) is 1. The molecule has 0 radical (unpaired) electrons. The zero-order valence-electron chi connectivity index (χ0n) is 12.8. The predicted molar refractivity (Wildman–Crippen MR) is 89.3 cm³/mol. The molecule has 0 amide bonds. The van der Waals surface area contributed by atoms with E-state index >= 15 is 0 Å². The van der Waals surface area contributed by atoms with E-state index in [0.717, 1.165) is 16.9 Å². The standard InChI is InChI=1S/C17H23N3S/c1-11-6-7-15-16(8-11)20(17(21)18-15)14-9-12-4-3-5-13(10-14)19(12)2/h6-8,12-14H,3-5,9-10H2,1-2H3,(H,18,21). The maximum absolute atomic E-state index is 5.63. The first kappa shape index (κ1) is 13.5. The van der Waals surface area contributed by atoms with Gasteiger partial charge in [0, 0.05) is 18.1 Å². The van der Waals surface area contributed by atoms with Crippen LogP contribution in [0.3, 0.4) is 0 Å². The predicted octanol–water partition coefficient (Wildman–Crippen LogP) is 4.20. The number of nitrogens with one attached hydrogen (secondary N) is 1. The van der Waals surface area contributed by atoms with Gasteiger partial charge in [0.2, 0.25) is 0 Å². The van der Waals surface area contributed by atoms with Crippen molar-refractivity contribution in [2.45, 2.75) is 57.2 Å². The summed E-state index contributed by atoms with van der Waals surface area (Å²) in [5.41, 5.74) is 3.76. The summed E-state index contributed by atoms with van der Waals surface area (Å²) >= 11 is 5.63. The fourth-order valence-electron chi connectivity index (χ4n) is 4.39. The normalized spacial score (nSPS) is 29.9. The molecule has 1 aromatic heterocycles. The number of piperidine rings is 2. The number of hydrogen-bond acceptors (Lipinski definition) is 2. The van der Waals surface area contributed by atoms with Crippen LogP contribution in [0.4, 0.5) is 0 Å². The lowest BCUT2D eigenvalue weighted by Gasteiger charge is -2.47. The highest BCUT2D eigenvalue weighted by Gasteiger charge is 2.37. The van der Waals surface area contributed by atoms with Crippen molar-refractivity contribution < 1.29 is 0 Å². The van der Waals surface area contributed by atoms with Crippen LogP contribution in [0.25, 0.3) is 11.0 Å². The molecule has 2 aromatic rings. The molecule has 0 spiro atoms. The van der Waals surface area contributed by atoms with Crippen molar-refractivity contribution >= 4 is 23.3 Å². The first-order chi connectivity index (χ1) is 10.1. The van der Waals surface area contributed by atoms with Crippen LogP contribution < -0.4 is 0 Å². The summed E-state index contributed by atoms with van der Waals surface area (Å²) in [7, 11) is 2.31. The van der Waals surface area contributed by atoms with Gasteiger partial charge in [0.1, 0.15) is 0 Å². The van der Waals surface area contributed by atoms with Gasteiger partial charge in [-0.05, 0) is 69.6 Å². The Morgan fingerprint density at radius 3 is 2.57 bits per heavy atom. The molecule has 0 saturated carbocycles. The fourth-order valence-corrected chi connectivity index (χ4v) is 4.75. The Labute approximate surface area is 131 Å². The van der Waals surface area contributed by atoms with Crippen LogP contribution in [-0.2, 0) is 0 Å². The molecule has 4 heteroatoms. The monoisotopic (exact) mass is 301 g/mol. The molecule has 1 aromatic carbocycles. The maximum atomic E-state index is 5.63. The van der Waals surface area contributed by atoms with Crippen molar-refractivity contribution in [3.63, 3.8) is 0 Å². The zero-order chi connectivity index (χ0) is 14.6. The molecule has 21 heavy (non-hydrogen) atoms. The Morgan fingerprint density at radius 1 is 1.14 bits per heavy atom. The van der Waals surface area contributed by atoms with Gasteiger partial charge in [0.25, 0.3) is 0 Å². The number of aryl methyl sites for hydroxylation is 1. The summed E-state index contributed by atoms with van der Waals surface area (Å²) in [5, 5.41) is 0. The Balaban J connectivity index is 1.78. The summed E-state index contributed by atoms with van der Waals surface area (Å²) in [5.74, 6) is 0. The van der Waals surface area contributed by atoms with Crippen molar-refractivity contribution in [3.8, 4) is 0 Å². The molecule has 2 fully saturated rings. The van der Waals surface area contributed by atoms with E-state index in [1.807, 2.05) is 0 Å². The molecule has 112 valence electrons. The molecule has 1 N–H and O–H groups in total. The quantitative estimate of drug-likeness (QED) is 0.798. The van der Waals surface area contributed by atoms with Crippen molar-refractivity contribution in [1.29, 1.82) is 0 Å². The van der Waals surface area contributed by atoms with Crippen LogP contribution in [0.2, 0.25) is 0 Å². The fraction of sp³-hybridized carbons (Fsp3) is 0.588. The SMILES string of the molecule is Cc1ccc2[nH]c(=S)n(C3CC4CCCC(C3)N4C)c2c1. The molecule has 0 aliphatic carbocycles. The second-order valence-electron chi connectivity index (χ2n) is 6.85. The van der Waals surface area contributed by atoms with Crippen molar-refractivity contribution in [2.24, 2.45) is 0 Å². The van der Waals surface area contributed by atoms with Gasteiger partial charge < -0.3 is 14.5 Å². The minimum absolute atomic E-state index is 0.555. The van der Waals surface area contributed by atoms with Crippen LogP contribution in [0.15, 0.2) is 18.2 Å². The smallest absolute Gasteiger partial charge is 0.178 e. The van der Waals surface area contributed by atoms with Gasteiger partial charge in [0.05, 0.1) is 11.0 Å². The van der Waals surface area contributed by atoms with E-state index in [2.05, 4.69) is 46.6 Å².